The third kappa shape index (κ3) is 6.16. The van der Waals surface area contributed by atoms with Crippen molar-refractivity contribution in [3.63, 3.8) is 0 Å². The van der Waals surface area contributed by atoms with E-state index in [1.165, 1.54) is 0 Å². The van der Waals surface area contributed by atoms with E-state index in [0.717, 1.165) is 44.7 Å². The summed E-state index contributed by atoms with van der Waals surface area (Å²) in [5.74, 6) is 0.783. The predicted octanol–water partition coefficient (Wildman–Crippen LogP) is 3.33. The lowest BCUT2D eigenvalue weighted by Crippen LogP contribution is -2.53. The number of amides is 2. The Morgan fingerprint density at radius 3 is 2.60 bits per heavy atom. The SMILES string of the molecule is CCn1cc(C(=O)N2CCC[C@](COc3cccc(Cl)c3)(CC(=O)N3CCN(C)CC3)C2)c(C)n1. The van der Waals surface area contributed by atoms with Gasteiger partial charge in [-0.25, -0.2) is 0 Å². The van der Waals surface area contributed by atoms with Gasteiger partial charge in [-0.3, -0.25) is 14.3 Å². The van der Waals surface area contributed by atoms with Crippen molar-refractivity contribution in [2.45, 2.75) is 39.7 Å². The van der Waals surface area contributed by atoms with Crippen LogP contribution in [-0.4, -0.2) is 89.2 Å². The standard InChI is InChI=1S/C26H36ClN5O3/c1-4-32-17-23(20(2)28-32)25(34)31-10-6-9-26(18-31,19-35-22-8-5-7-21(27)15-22)16-24(33)30-13-11-29(3)12-14-30/h5,7-8,15,17H,4,6,9-14,16,18-19H2,1-3H3/t26-/m0/s1. The van der Waals surface area contributed by atoms with Crippen LogP contribution in [0.4, 0.5) is 0 Å². The quantitative estimate of drug-likeness (QED) is 0.582. The summed E-state index contributed by atoms with van der Waals surface area (Å²) in [5.41, 5.74) is 0.895. The highest BCUT2D eigenvalue weighted by Crippen LogP contribution is 2.36. The van der Waals surface area contributed by atoms with Gasteiger partial charge in [0.15, 0.2) is 0 Å². The molecule has 2 fully saturated rings. The minimum atomic E-state index is -0.467. The molecule has 1 atom stereocenters. The van der Waals surface area contributed by atoms with Gasteiger partial charge >= 0.3 is 0 Å². The lowest BCUT2D eigenvalue weighted by atomic mass is 9.77. The van der Waals surface area contributed by atoms with E-state index in [0.29, 0.717) is 49.0 Å². The van der Waals surface area contributed by atoms with Crippen molar-refractivity contribution in [2.24, 2.45) is 5.41 Å². The number of piperidine rings is 1. The maximum absolute atomic E-state index is 13.5. The maximum atomic E-state index is 13.5. The van der Waals surface area contributed by atoms with Crippen molar-refractivity contribution in [1.29, 1.82) is 0 Å². The number of aromatic nitrogens is 2. The van der Waals surface area contributed by atoms with E-state index >= 15 is 0 Å². The van der Waals surface area contributed by atoms with Crippen LogP contribution in [0.3, 0.4) is 0 Å². The van der Waals surface area contributed by atoms with Crippen molar-refractivity contribution >= 4 is 23.4 Å². The molecule has 0 aliphatic carbocycles. The van der Waals surface area contributed by atoms with Crippen LogP contribution in [0, 0.1) is 12.3 Å². The van der Waals surface area contributed by atoms with E-state index in [2.05, 4.69) is 17.0 Å². The summed E-state index contributed by atoms with van der Waals surface area (Å²) in [6.45, 7) is 9.30. The molecule has 2 aliphatic rings. The van der Waals surface area contributed by atoms with Gasteiger partial charge in [0.25, 0.3) is 5.91 Å². The van der Waals surface area contributed by atoms with Gasteiger partial charge in [-0.05, 0) is 51.9 Å². The zero-order chi connectivity index (χ0) is 25.0. The third-order valence-electron chi connectivity index (χ3n) is 7.17. The van der Waals surface area contributed by atoms with Gasteiger partial charge in [0.05, 0.1) is 17.9 Å². The first-order valence-electron chi connectivity index (χ1n) is 12.5. The molecule has 0 N–H and O–H groups in total. The van der Waals surface area contributed by atoms with Crippen LogP contribution in [0.1, 0.15) is 42.2 Å². The highest BCUT2D eigenvalue weighted by atomic mass is 35.5. The van der Waals surface area contributed by atoms with Crippen molar-refractivity contribution in [1.82, 2.24) is 24.5 Å². The summed E-state index contributed by atoms with van der Waals surface area (Å²) < 4.78 is 7.99. The Balaban J connectivity index is 1.54. The van der Waals surface area contributed by atoms with Crippen molar-refractivity contribution in [2.75, 3.05) is 52.9 Å². The first-order chi connectivity index (χ1) is 16.8. The zero-order valence-corrected chi connectivity index (χ0v) is 21.8. The molecule has 8 nitrogen and oxygen atoms in total. The monoisotopic (exact) mass is 501 g/mol. The number of carbonyl (C=O) groups is 2. The van der Waals surface area contributed by atoms with E-state index in [1.807, 2.05) is 42.0 Å². The number of rotatable bonds is 7. The largest absolute Gasteiger partial charge is 0.493 e. The van der Waals surface area contributed by atoms with Crippen LogP contribution < -0.4 is 4.74 Å². The lowest BCUT2D eigenvalue weighted by Gasteiger charge is -2.43. The molecule has 2 aliphatic heterocycles. The number of hydrogen-bond acceptors (Lipinski definition) is 5. The van der Waals surface area contributed by atoms with E-state index < -0.39 is 5.41 Å². The summed E-state index contributed by atoms with van der Waals surface area (Å²) in [6.07, 6.45) is 3.83. The summed E-state index contributed by atoms with van der Waals surface area (Å²) in [4.78, 5) is 33.0. The molecule has 2 amide bonds. The number of aryl methyl sites for hydroxylation is 2. The second-order valence-corrected chi connectivity index (χ2v) is 10.4. The molecular formula is C26H36ClN5O3. The molecule has 2 saturated heterocycles. The van der Waals surface area contributed by atoms with Crippen LogP contribution in [-0.2, 0) is 11.3 Å². The van der Waals surface area contributed by atoms with Crippen molar-refractivity contribution in [3.05, 3.63) is 46.7 Å². The molecule has 9 heteroatoms. The smallest absolute Gasteiger partial charge is 0.257 e. The number of likely N-dealkylation sites (N-methyl/N-ethyl adjacent to an activating group) is 1. The van der Waals surface area contributed by atoms with E-state index in [1.54, 1.807) is 16.8 Å². The molecule has 0 saturated carbocycles. The average Bonchev–Trinajstić information content (AvgIpc) is 3.23. The van der Waals surface area contributed by atoms with Crippen LogP contribution in [0.2, 0.25) is 5.02 Å². The molecule has 3 heterocycles. The third-order valence-corrected chi connectivity index (χ3v) is 7.41. The van der Waals surface area contributed by atoms with Gasteiger partial charge in [0, 0.05) is 68.9 Å². The minimum Gasteiger partial charge on any atom is -0.493 e. The van der Waals surface area contributed by atoms with Gasteiger partial charge in [-0.15, -0.1) is 0 Å². The lowest BCUT2D eigenvalue weighted by molar-refractivity contribution is -0.137. The molecule has 1 aromatic carbocycles. The van der Waals surface area contributed by atoms with E-state index in [4.69, 9.17) is 16.3 Å². The molecule has 190 valence electrons. The van der Waals surface area contributed by atoms with Crippen LogP contribution >= 0.6 is 11.6 Å². The number of halogens is 1. The number of piperazine rings is 1. The second-order valence-electron chi connectivity index (χ2n) is 9.92. The van der Waals surface area contributed by atoms with E-state index in [9.17, 15) is 9.59 Å². The summed E-state index contributed by atoms with van der Waals surface area (Å²) in [5, 5.41) is 5.05. The first kappa shape index (κ1) is 25.5. The summed E-state index contributed by atoms with van der Waals surface area (Å²) in [7, 11) is 2.08. The fraction of sp³-hybridized carbons (Fsp3) is 0.577. The predicted molar refractivity (Wildman–Crippen MR) is 136 cm³/mol. The topological polar surface area (TPSA) is 70.9 Å². The molecule has 2 aromatic rings. The Kier molecular flexibility index (Phi) is 8.02. The highest BCUT2D eigenvalue weighted by molar-refractivity contribution is 6.30. The maximum Gasteiger partial charge on any atom is 0.257 e. The Hall–Kier alpha value is -2.58. The van der Waals surface area contributed by atoms with Crippen LogP contribution in [0.15, 0.2) is 30.5 Å². The Morgan fingerprint density at radius 1 is 1.14 bits per heavy atom. The van der Waals surface area contributed by atoms with Crippen LogP contribution in [0.25, 0.3) is 0 Å². The fourth-order valence-electron chi connectivity index (χ4n) is 5.04. The van der Waals surface area contributed by atoms with Gasteiger partial charge in [-0.1, -0.05) is 17.7 Å². The average molecular weight is 502 g/mol. The molecule has 0 unspecified atom stereocenters. The number of carbonyl (C=O) groups excluding carboxylic acids is 2. The van der Waals surface area contributed by atoms with Crippen LogP contribution in [0.5, 0.6) is 5.75 Å². The van der Waals surface area contributed by atoms with Crippen molar-refractivity contribution < 1.29 is 14.3 Å². The van der Waals surface area contributed by atoms with E-state index in [-0.39, 0.29) is 11.8 Å². The van der Waals surface area contributed by atoms with Crippen molar-refractivity contribution in [3.8, 4) is 5.75 Å². The molecule has 1 aromatic heterocycles. The van der Waals surface area contributed by atoms with Gasteiger partial charge in [-0.2, -0.15) is 5.10 Å². The van der Waals surface area contributed by atoms with Gasteiger partial charge in [0.1, 0.15) is 5.75 Å². The van der Waals surface area contributed by atoms with Gasteiger partial charge in [0.2, 0.25) is 5.91 Å². The highest BCUT2D eigenvalue weighted by Gasteiger charge is 2.41. The molecule has 35 heavy (non-hydrogen) atoms. The Morgan fingerprint density at radius 2 is 1.91 bits per heavy atom. The molecule has 0 spiro atoms. The normalized spacial score (nSPS) is 21.3. The Bertz CT molecular complexity index is 1050. The number of nitrogens with zero attached hydrogens (tertiary/aromatic N) is 5. The summed E-state index contributed by atoms with van der Waals surface area (Å²) in [6, 6.07) is 7.31. The second kappa shape index (κ2) is 11.0. The zero-order valence-electron chi connectivity index (χ0n) is 21.0. The number of ether oxygens (including phenoxy) is 1. The molecule has 0 radical (unpaired) electrons. The summed E-state index contributed by atoms with van der Waals surface area (Å²) >= 11 is 6.15. The number of likely N-dealkylation sites (tertiary alicyclic amines) is 1. The fourth-order valence-corrected chi connectivity index (χ4v) is 5.22. The number of benzene rings is 1. The van der Waals surface area contributed by atoms with Gasteiger partial charge < -0.3 is 19.4 Å². The Labute approximate surface area is 212 Å². The molecular weight excluding hydrogens is 466 g/mol. The minimum absolute atomic E-state index is 0.0268. The first-order valence-corrected chi connectivity index (χ1v) is 12.8. The molecule has 0 bridgehead atoms. The number of hydrogen-bond donors (Lipinski definition) is 0. The molecule has 4 rings (SSSR count).